The van der Waals surface area contributed by atoms with Gasteiger partial charge in [-0.25, -0.2) is 4.98 Å². The number of pyridine rings is 1. The van der Waals surface area contributed by atoms with Gasteiger partial charge in [0, 0.05) is 31.4 Å². The molecule has 0 aliphatic rings. The number of rotatable bonds is 5. The number of halogens is 1. The van der Waals surface area contributed by atoms with Gasteiger partial charge in [0.15, 0.2) is 0 Å². The van der Waals surface area contributed by atoms with E-state index >= 15 is 0 Å². The molecule has 2 aromatic rings. The molecule has 0 amide bonds. The molecule has 0 unspecified atom stereocenters. The van der Waals surface area contributed by atoms with Crippen molar-refractivity contribution in [1.29, 1.82) is 0 Å². The minimum Gasteiger partial charge on any atom is -0.373 e. The van der Waals surface area contributed by atoms with Crippen LogP contribution in [-0.2, 0) is 13.1 Å². The molecule has 0 aliphatic heterocycles. The van der Waals surface area contributed by atoms with Crippen molar-refractivity contribution in [2.75, 3.05) is 19.4 Å². The molecule has 1 N–H and O–H groups in total. The summed E-state index contributed by atoms with van der Waals surface area (Å²) in [7, 11) is 3.97. The number of hydrogen-bond acceptors (Lipinski definition) is 3. The van der Waals surface area contributed by atoms with Gasteiger partial charge in [-0.2, -0.15) is 0 Å². The Labute approximate surface area is 119 Å². The largest absolute Gasteiger partial charge is 0.373 e. The first-order chi connectivity index (χ1) is 9.17. The van der Waals surface area contributed by atoms with Crippen molar-refractivity contribution in [2.45, 2.75) is 13.1 Å². The summed E-state index contributed by atoms with van der Waals surface area (Å²) in [6.45, 7) is 1.77. The van der Waals surface area contributed by atoms with Crippen molar-refractivity contribution in [3.05, 3.63) is 58.7 Å². The summed E-state index contributed by atoms with van der Waals surface area (Å²) >= 11 is 5.88. The molecule has 0 atom stereocenters. The maximum atomic E-state index is 5.88. The van der Waals surface area contributed by atoms with Crippen LogP contribution in [0.4, 0.5) is 5.82 Å². The van der Waals surface area contributed by atoms with Gasteiger partial charge in [-0.05, 0) is 36.4 Å². The SMILES string of the molecule is CNc1ccc(CN(C)Cc2ccc(Cl)cc2)cn1. The fourth-order valence-corrected chi connectivity index (χ4v) is 2.06. The zero-order valence-electron chi connectivity index (χ0n) is 11.2. The normalized spacial score (nSPS) is 10.7. The predicted octanol–water partition coefficient (Wildman–Crippen LogP) is 3.41. The Balaban J connectivity index is 1.92. The highest BCUT2D eigenvalue weighted by molar-refractivity contribution is 6.30. The van der Waals surface area contributed by atoms with Crippen LogP contribution in [0.1, 0.15) is 11.1 Å². The lowest BCUT2D eigenvalue weighted by Gasteiger charge is -2.16. The molecule has 19 heavy (non-hydrogen) atoms. The summed E-state index contributed by atoms with van der Waals surface area (Å²) in [6.07, 6.45) is 1.91. The molecule has 0 spiro atoms. The van der Waals surface area contributed by atoms with Crippen molar-refractivity contribution in [1.82, 2.24) is 9.88 Å². The summed E-state index contributed by atoms with van der Waals surface area (Å²) in [5.74, 6) is 0.893. The molecule has 0 saturated carbocycles. The lowest BCUT2D eigenvalue weighted by molar-refractivity contribution is 0.319. The number of nitrogens with one attached hydrogen (secondary N) is 1. The van der Waals surface area contributed by atoms with Crippen molar-refractivity contribution >= 4 is 17.4 Å². The van der Waals surface area contributed by atoms with Crippen LogP contribution in [0.5, 0.6) is 0 Å². The molecular weight excluding hydrogens is 258 g/mol. The molecular formula is C15H18ClN3. The monoisotopic (exact) mass is 275 g/mol. The van der Waals surface area contributed by atoms with Crippen LogP contribution < -0.4 is 5.32 Å². The molecule has 0 bridgehead atoms. The maximum Gasteiger partial charge on any atom is 0.125 e. The summed E-state index contributed by atoms with van der Waals surface area (Å²) < 4.78 is 0. The van der Waals surface area contributed by atoms with Crippen LogP contribution in [0.25, 0.3) is 0 Å². The average molecular weight is 276 g/mol. The van der Waals surface area contributed by atoms with Crippen molar-refractivity contribution < 1.29 is 0 Å². The van der Waals surface area contributed by atoms with E-state index in [1.807, 2.05) is 31.4 Å². The van der Waals surface area contributed by atoms with Gasteiger partial charge in [0.05, 0.1) is 0 Å². The van der Waals surface area contributed by atoms with Crippen LogP contribution in [0.15, 0.2) is 42.6 Å². The molecule has 4 heteroatoms. The maximum absolute atomic E-state index is 5.88. The highest BCUT2D eigenvalue weighted by Crippen LogP contribution is 2.12. The van der Waals surface area contributed by atoms with E-state index < -0.39 is 0 Å². The molecule has 2 rings (SSSR count). The topological polar surface area (TPSA) is 28.2 Å². The van der Waals surface area contributed by atoms with E-state index in [0.717, 1.165) is 23.9 Å². The van der Waals surface area contributed by atoms with E-state index in [0.29, 0.717) is 0 Å². The van der Waals surface area contributed by atoms with Gasteiger partial charge in [0.2, 0.25) is 0 Å². The molecule has 1 aromatic carbocycles. The van der Waals surface area contributed by atoms with Crippen LogP contribution >= 0.6 is 11.6 Å². The lowest BCUT2D eigenvalue weighted by Crippen LogP contribution is -2.17. The number of nitrogens with zero attached hydrogens (tertiary/aromatic N) is 2. The van der Waals surface area contributed by atoms with E-state index in [1.54, 1.807) is 0 Å². The van der Waals surface area contributed by atoms with E-state index in [2.05, 4.69) is 40.4 Å². The van der Waals surface area contributed by atoms with Crippen molar-refractivity contribution in [3.8, 4) is 0 Å². The Hall–Kier alpha value is -1.58. The first kappa shape index (κ1) is 13.8. The second-order valence-corrected chi connectivity index (χ2v) is 5.04. The first-order valence-corrected chi connectivity index (χ1v) is 6.61. The van der Waals surface area contributed by atoms with Gasteiger partial charge in [0.1, 0.15) is 5.82 Å². The Bertz CT molecular complexity index is 508. The van der Waals surface area contributed by atoms with Gasteiger partial charge in [-0.15, -0.1) is 0 Å². The Morgan fingerprint density at radius 1 is 1.05 bits per heavy atom. The Kier molecular flexibility index (Phi) is 4.77. The molecule has 0 radical (unpaired) electrons. The molecule has 1 heterocycles. The number of aromatic nitrogens is 1. The molecule has 100 valence electrons. The highest BCUT2D eigenvalue weighted by atomic mass is 35.5. The minimum absolute atomic E-state index is 0.776. The number of hydrogen-bond donors (Lipinski definition) is 1. The molecule has 3 nitrogen and oxygen atoms in total. The van der Waals surface area contributed by atoms with Crippen molar-refractivity contribution in [3.63, 3.8) is 0 Å². The third-order valence-corrected chi connectivity index (χ3v) is 3.15. The van der Waals surface area contributed by atoms with Crippen LogP contribution in [0.3, 0.4) is 0 Å². The second-order valence-electron chi connectivity index (χ2n) is 4.60. The highest BCUT2D eigenvalue weighted by Gasteiger charge is 2.02. The summed E-state index contributed by atoms with van der Waals surface area (Å²) in [4.78, 5) is 6.56. The second kappa shape index (κ2) is 6.55. The zero-order chi connectivity index (χ0) is 13.7. The van der Waals surface area contributed by atoms with Gasteiger partial charge >= 0.3 is 0 Å². The molecule has 1 aromatic heterocycles. The van der Waals surface area contributed by atoms with E-state index in [1.165, 1.54) is 11.1 Å². The van der Waals surface area contributed by atoms with Crippen LogP contribution in [-0.4, -0.2) is 24.0 Å². The third-order valence-electron chi connectivity index (χ3n) is 2.90. The van der Waals surface area contributed by atoms with E-state index in [9.17, 15) is 0 Å². The van der Waals surface area contributed by atoms with E-state index in [4.69, 9.17) is 11.6 Å². The van der Waals surface area contributed by atoms with Gasteiger partial charge in [-0.3, -0.25) is 4.90 Å². The minimum atomic E-state index is 0.776. The Morgan fingerprint density at radius 2 is 1.68 bits per heavy atom. The molecule has 0 fully saturated rings. The van der Waals surface area contributed by atoms with Gasteiger partial charge in [-0.1, -0.05) is 29.8 Å². The Morgan fingerprint density at radius 3 is 2.26 bits per heavy atom. The smallest absolute Gasteiger partial charge is 0.125 e. The number of benzene rings is 1. The van der Waals surface area contributed by atoms with Crippen LogP contribution in [0, 0.1) is 0 Å². The summed E-state index contributed by atoms with van der Waals surface area (Å²) in [6, 6.07) is 12.0. The molecule has 0 saturated heterocycles. The standard InChI is InChI=1S/C15H18ClN3/c1-17-15-8-5-13(9-18-15)11-19(2)10-12-3-6-14(16)7-4-12/h3-9H,10-11H2,1-2H3,(H,17,18). The third kappa shape index (κ3) is 4.23. The first-order valence-electron chi connectivity index (χ1n) is 6.23. The predicted molar refractivity (Wildman–Crippen MR) is 80.4 cm³/mol. The van der Waals surface area contributed by atoms with E-state index in [-0.39, 0.29) is 0 Å². The van der Waals surface area contributed by atoms with Gasteiger partial charge in [0.25, 0.3) is 0 Å². The van der Waals surface area contributed by atoms with Gasteiger partial charge < -0.3 is 5.32 Å². The zero-order valence-corrected chi connectivity index (χ0v) is 12.0. The summed E-state index contributed by atoms with van der Waals surface area (Å²) in [5, 5.41) is 3.79. The average Bonchev–Trinajstić information content (AvgIpc) is 2.42. The quantitative estimate of drug-likeness (QED) is 0.906. The lowest BCUT2D eigenvalue weighted by atomic mass is 10.2. The summed E-state index contributed by atoms with van der Waals surface area (Å²) in [5.41, 5.74) is 2.46. The molecule has 0 aliphatic carbocycles. The fourth-order valence-electron chi connectivity index (χ4n) is 1.93. The fraction of sp³-hybridized carbons (Fsp3) is 0.267. The van der Waals surface area contributed by atoms with Crippen LogP contribution in [0.2, 0.25) is 5.02 Å². The number of anilines is 1. The van der Waals surface area contributed by atoms with Crippen molar-refractivity contribution in [2.24, 2.45) is 0 Å².